The number of nitrogens with zero attached hydrogens (tertiary/aromatic N) is 3. The van der Waals surface area contributed by atoms with Crippen molar-refractivity contribution in [2.24, 2.45) is 0 Å². The van der Waals surface area contributed by atoms with E-state index >= 15 is 0 Å². The Labute approximate surface area is 236 Å². The third kappa shape index (κ3) is 5.16. The lowest BCUT2D eigenvalue weighted by Gasteiger charge is -2.26. The van der Waals surface area contributed by atoms with Gasteiger partial charge >= 0.3 is 0 Å². The highest BCUT2D eigenvalue weighted by atomic mass is 16.2. The van der Waals surface area contributed by atoms with Crippen LogP contribution in [0.25, 0.3) is 33.5 Å². The quantitative estimate of drug-likeness (QED) is 0.254. The summed E-state index contributed by atoms with van der Waals surface area (Å²) < 4.78 is 0. The minimum Gasteiger partial charge on any atom is -0.301 e. The highest BCUT2D eigenvalue weighted by Gasteiger charge is 2.35. The smallest absolute Gasteiger partial charge is 0.247 e. The van der Waals surface area contributed by atoms with Gasteiger partial charge in [-0.1, -0.05) is 90.1 Å². The zero-order valence-electron chi connectivity index (χ0n) is 24.1. The monoisotopic (exact) mass is 529 g/mol. The van der Waals surface area contributed by atoms with Crippen LogP contribution in [0.15, 0.2) is 79.0 Å². The summed E-state index contributed by atoms with van der Waals surface area (Å²) in [5.74, 6) is 0.203. The largest absolute Gasteiger partial charge is 0.301 e. The van der Waals surface area contributed by atoms with E-state index < -0.39 is 0 Å². The van der Waals surface area contributed by atoms with Crippen molar-refractivity contribution in [2.45, 2.75) is 52.4 Å². The molecule has 0 spiro atoms. The van der Waals surface area contributed by atoms with Crippen LogP contribution in [-0.4, -0.2) is 29.9 Å². The summed E-state index contributed by atoms with van der Waals surface area (Å²) in [6, 6.07) is 25.4. The Bertz CT molecular complexity index is 1570. The molecule has 0 aliphatic carbocycles. The molecule has 6 rings (SSSR count). The number of anilines is 2. The number of carbonyl (C=O) groups excluding carboxylic acids is 2. The highest BCUT2D eigenvalue weighted by Crippen LogP contribution is 2.37. The molecule has 0 bridgehead atoms. The van der Waals surface area contributed by atoms with E-state index in [0.29, 0.717) is 13.1 Å². The number of hydrogen-bond acceptors (Lipinski definition) is 3. The summed E-state index contributed by atoms with van der Waals surface area (Å²) in [7, 11) is 0. The van der Waals surface area contributed by atoms with E-state index in [-0.39, 0.29) is 22.6 Å². The number of carbonyl (C=O) groups is 2. The second kappa shape index (κ2) is 9.16. The molecule has 0 saturated carbocycles. The highest BCUT2D eigenvalue weighted by molar-refractivity contribution is 6.15. The standard InChI is InChI=1S/C35H35N3O2/c1-34(2,3)27-13-25(14-28(17-27)35(4,5)6)24-11-12-31(36-19-24)23-9-7-22(8-10-23)26-15-29(37-20-32(37)39)18-30(16-26)38-21-33(38)40/h7-19H,20-21H2,1-6H3. The second-order valence-corrected chi connectivity index (χ2v) is 13.0. The average Bonchev–Trinajstić information content (AvgIpc) is 3.84. The number of rotatable bonds is 5. The fourth-order valence-corrected chi connectivity index (χ4v) is 4.97. The second-order valence-electron chi connectivity index (χ2n) is 13.0. The van der Waals surface area contributed by atoms with Crippen LogP contribution in [0.3, 0.4) is 0 Å². The van der Waals surface area contributed by atoms with Crippen LogP contribution in [0.4, 0.5) is 11.4 Å². The maximum Gasteiger partial charge on any atom is 0.247 e. The first kappa shape index (κ1) is 26.0. The SMILES string of the molecule is CC(C)(C)c1cc(-c2ccc(-c3ccc(-c4cc(N5CC5=O)cc(N5CC5=O)c4)cc3)nc2)cc(C(C)(C)C)c1. The molecular weight excluding hydrogens is 494 g/mol. The number of pyridine rings is 1. The summed E-state index contributed by atoms with van der Waals surface area (Å²) in [4.78, 5) is 31.8. The van der Waals surface area contributed by atoms with E-state index in [1.807, 2.05) is 24.4 Å². The normalized spacial score (nSPS) is 15.1. The van der Waals surface area contributed by atoms with Crippen molar-refractivity contribution in [3.05, 3.63) is 90.1 Å². The molecule has 202 valence electrons. The Morgan fingerprint density at radius 1 is 0.550 bits per heavy atom. The van der Waals surface area contributed by atoms with Crippen molar-refractivity contribution < 1.29 is 9.59 Å². The predicted molar refractivity (Wildman–Crippen MR) is 163 cm³/mol. The van der Waals surface area contributed by atoms with Crippen LogP contribution < -0.4 is 9.80 Å². The molecule has 5 heteroatoms. The van der Waals surface area contributed by atoms with E-state index in [0.717, 1.165) is 39.3 Å². The lowest BCUT2D eigenvalue weighted by Crippen LogP contribution is -2.16. The van der Waals surface area contributed by atoms with Gasteiger partial charge in [0.1, 0.15) is 13.1 Å². The Morgan fingerprint density at radius 2 is 1.00 bits per heavy atom. The summed E-state index contributed by atoms with van der Waals surface area (Å²) in [5, 5.41) is 0. The van der Waals surface area contributed by atoms with Crippen molar-refractivity contribution in [3.8, 4) is 33.5 Å². The first-order valence-electron chi connectivity index (χ1n) is 13.9. The maximum atomic E-state index is 11.8. The molecule has 2 aliphatic heterocycles. The first-order valence-corrected chi connectivity index (χ1v) is 13.9. The fourth-order valence-electron chi connectivity index (χ4n) is 4.97. The van der Waals surface area contributed by atoms with Gasteiger partial charge in [0.2, 0.25) is 11.8 Å². The van der Waals surface area contributed by atoms with Gasteiger partial charge in [-0.3, -0.25) is 14.6 Å². The molecular formula is C35H35N3O2. The number of benzene rings is 3. The van der Waals surface area contributed by atoms with Crippen LogP contribution in [-0.2, 0) is 20.4 Å². The summed E-state index contributed by atoms with van der Waals surface area (Å²) in [6.07, 6.45) is 1.97. The van der Waals surface area contributed by atoms with Crippen molar-refractivity contribution in [2.75, 3.05) is 22.9 Å². The van der Waals surface area contributed by atoms with Gasteiger partial charge in [0.25, 0.3) is 0 Å². The molecule has 2 fully saturated rings. The third-order valence-electron chi connectivity index (χ3n) is 7.78. The molecule has 0 radical (unpaired) electrons. The van der Waals surface area contributed by atoms with Crippen LogP contribution >= 0.6 is 0 Å². The summed E-state index contributed by atoms with van der Waals surface area (Å²) in [5.41, 5.74) is 10.7. The number of aromatic nitrogens is 1. The molecule has 3 aromatic carbocycles. The molecule has 40 heavy (non-hydrogen) atoms. The van der Waals surface area contributed by atoms with Crippen molar-refractivity contribution in [1.29, 1.82) is 0 Å². The average molecular weight is 530 g/mol. The van der Waals surface area contributed by atoms with Crippen LogP contribution in [0.1, 0.15) is 52.7 Å². The molecule has 2 amide bonds. The zero-order chi connectivity index (χ0) is 28.4. The zero-order valence-corrected chi connectivity index (χ0v) is 24.1. The Morgan fingerprint density at radius 3 is 1.43 bits per heavy atom. The van der Waals surface area contributed by atoms with Gasteiger partial charge in [-0.25, -0.2) is 0 Å². The topological polar surface area (TPSA) is 53.0 Å². The first-order chi connectivity index (χ1) is 18.9. The molecule has 0 N–H and O–H groups in total. The van der Waals surface area contributed by atoms with Gasteiger partial charge in [-0.05, 0) is 62.9 Å². The molecule has 3 heterocycles. The predicted octanol–water partition coefficient (Wildman–Crippen LogP) is 7.37. The van der Waals surface area contributed by atoms with Gasteiger partial charge in [0.05, 0.1) is 5.69 Å². The molecule has 2 saturated heterocycles. The van der Waals surface area contributed by atoms with E-state index in [9.17, 15) is 9.59 Å². The molecule has 1 aromatic heterocycles. The molecule has 4 aromatic rings. The van der Waals surface area contributed by atoms with Crippen molar-refractivity contribution >= 4 is 23.2 Å². The van der Waals surface area contributed by atoms with Gasteiger partial charge < -0.3 is 9.80 Å². The van der Waals surface area contributed by atoms with Gasteiger partial charge in [0.15, 0.2) is 0 Å². The van der Waals surface area contributed by atoms with Crippen LogP contribution in [0.2, 0.25) is 0 Å². The van der Waals surface area contributed by atoms with Gasteiger partial charge in [-0.15, -0.1) is 0 Å². The van der Waals surface area contributed by atoms with E-state index in [4.69, 9.17) is 4.98 Å². The minimum atomic E-state index is 0.0581. The Hall–Kier alpha value is -4.25. The Balaban J connectivity index is 1.28. The van der Waals surface area contributed by atoms with Gasteiger partial charge in [0, 0.05) is 28.7 Å². The van der Waals surface area contributed by atoms with E-state index in [2.05, 4.69) is 96.1 Å². The van der Waals surface area contributed by atoms with Crippen LogP contribution in [0.5, 0.6) is 0 Å². The van der Waals surface area contributed by atoms with E-state index in [1.165, 1.54) is 16.7 Å². The van der Waals surface area contributed by atoms with Gasteiger partial charge in [-0.2, -0.15) is 0 Å². The number of amides is 2. The van der Waals surface area contributed by atoms with Crippen LogP contribution in [0, 0.1) is 0 Å². The summed E-state index contributed by atoms with van der Waals surface area (Å²) >= 11 is 0. The minimum absolute atomic E-state index is 0.0581. The third-order valence-corrected chi connectivity index (χ3v) is 7.78. The lowest BCUT2D eigenvalue weighted by atomic mass is 9.79. The molecule has 5 nitrogen and oxygen atoms in total. The molecule has 0 unspecified atom stereocenters. The molecule has 0 atom stereocenters. The number of hydrogen-bond donors (Lipinski definition) is 0. The maximum absolute atomic E-state index is 11.8. The fraction of sp³-hybridized carbons (Fsp3) is 0.286. The lowest BCUT2D eigenvalue weighted by molar-refractivity contribution is -0.110. The summed E-state index contributed by atoms with van der Waals surface area (Å²) in [6.45, 7) is 14.4. The molecule has 2 aliphatic rings. The van der Waals surface area contributed by atoms with Crippen molar-refractivity contribution in [1.82, 2.24) is 4.98 Å². The van der Waals surface area contributed by atoms with Crippen molar-refractivity contribution in [3.63, 3.8) is 0 Å². The Kier molecular flexibility index (Phi) is 5.95. The van der Waals surface area contributed by atoms with E-state index in [1.54, 1.807) is 9.80 Å².